The fraction of sp³-hybridized carbons (Fsp3) is 0.231. The van der Waals surface area contributed by atoms with Crippen molar-refractivity contribution in [3.8, 4) is 34.0 Å². The minimum Gasteiger partial charge on any atom is -0.495 e. The first-order chi connectivity index (χ1) is 18.1. The summed E-state index contributed by atoms with van der Waals surface area (Å²) in [5.74, 6) is 1.46. The van der Waals surface area contributed by atoms with E-state index in [1.54, 1.807) is 38.9 Å². The van der Waals surface area contributed by atoms with Crippen LogP contribution in [-0.4, -0.2) is 64.9 Å². The molecule has 9 nitrogen and oxygen atoms in total. The molecule has 11 heteroatoms. The molecule has 1 aliphatic heterocycles. The predicted octanol–water partition coefficient (Wildman–Crippen LogP) is 5.17. The van der Waals surface area contributed by atoms with Crippen molar-refractivity contribution in [3.63, 3.8) is 0 Å². The zero-order valence-corrected chi connectivity index (χ0v) is 21.6. The molecular formula is C26H22Cl2N6O3. The Labute approximate surface area is 222 Å². The Morgan fingerprint density at radius 1 is 0.892 bits per heavy atom. The van der Waals surface area contributed by atoms with E-state index in [4.69, 9.17) is 42.4 Å². The summed E-state index contributed by atoms with van der Waals surface area (Å²) in [6.45, 7) is 3.04. The van der Waals surface area contributed by atoms with Crippen molar-refractivity contribution in [2.45, 2.75) is 0 Å². The maximum atomic E-state index is 6.73. The van der Waals surface area contributed by atoms with Gasteiger partial charge in [0.05, 0.1) is 49.4 Å². The molecule has 37 heavy (non-hydrogen) atoms. The monoisotopic (exact) mass is 536 g/mol. The summed E-state index contributed by atoms with van der Waals surface area (Å²) >= 11 is 13.5. The fourth-order valence-corrected chi connectivity index (χ4v) is 5.26. The van der Waals surface area contributed by atoms with Gasteiger partial charge in [-0.25, -0.2) is 15.0 Å². The number of fused-ring (bicyclic) bond motifs is 3. The standard InChI is InChI=1S/C26H22Cl2N6O3/c1-35-19-11-20(36-2)23(28)21(22(19)27)18-10-16-13-31-24(32-25(16)34-4-3-30-26(18)34)15-9-17(14-29-12-15)33-5-7-37-8-6-33/h3-4,9-14H,5-8H2,1-2H3. The normalized spacial score (nSPS) is 13.9. The van der Waals surface area contributed by atoms with E-state index < -0.39 is 0 Å². The molecule has 0 bridgehead atoms. The van der Waals surface area contributed by atoms with Crippen molar-refractivity contribution in [2.75, 3.05) is 45.4 Å². The highest BCUT2D eigenvalue weighted by Gasteiger charge is 2.23. The van der Waals surface area contributed by atoms with Crippen LogP contribution < -0.4 is 14.4 Å². The third-order valence-corrected chi connectivity index (χ3v) is 7.16. The molecule has 4 aromatic heterocycles. The van der Waals surface area contributed by atoms with Crippen molar-refractivity contribution in [1.29, 1.82) is 0 Å². The Kier molecular flexibility index (Phi) is 6.19. The SMILES string of the molecule is COc1cc(OC)c(Cl)c(-c2cc3cnc(-c4cncc(N5CCOCC5)c4)nc3n3ccnc23)c1Cl. The van der Waals surface area contributed by atoms with Crippen LogP contribution in [-0.2, 0) is 4.74 Å². The van der Waals surface area contributed by atoms with Crippen LogP contribution in [0, 0.1) is 0 Å². The number of pyridine rings is 2. The highest BCUT2D eigenvalue weighted by atomic mass is 35.5. The molecule has 1 aliphatic rings. The summed E-state index contributed by atoms with van der Waals surface area (Å²) in [6, 6.07) is 5.64. The molecule has 0 spiro atoms. The van der Waals surface area contributed by atoms with Crippen LogP contribution in [0.15, 0.2) is 49.2 Å². The first kappa shape index (κ1) is 23.7. The number of morpholine rings is 1. The predicted molar refractivity (Wildman–Crippen MR) is 143 cm³/mol. The molecule has 0 atom stereocenters. The van der Waals surface area contributed by atoms with Gasteiger partial charge >= 0.3 is 0 Å². The van der Waals surface area contributed by atoms with Crippen molar-refractivity contribution in [3.05, 3.63) is 59.2 Å². The molecule has 5 heterocycles. The maximum Gasteiger partial charge on any atom is 0.163 e. The van der Waals surface area contributed by atoms with Gasteiger partial charge in [-0.3, -0.25) is 9.38 Å². The van der Waals surface area contributed by atoms with Crippen LogP contribution in [0.1, 0.15) is 0 Å². The second-order valence-corrected chi connectivity index (χ2v) is 9.22. The largest absolute Gasteiger partial charge is 0.495 e. The van der Waals surface area contributed by atoms with Gasteiger partial charge in [0.1, 0.15) is 22.8 Å². The molecule has 0 radical (unpaired) electrons. The molecular weight excluding hydrogens is 515 g/mol. The van der Waals surface area contributed by atoms with Crippen LogP contribution in [0.25, 0.3) is 39.2 Å². The minimum atomic E-state index is 0.362. The average Bonchev–Trinajstić information content (AvgIpc) is 3.44. The zero-order chi connectivity index (χ0) is 25.5. The van der Waals surface area contributed by atoms with E-state index in [9.17, 15) is 0 Å². The lowest BCUT2D eigenvalue weighted by atomic mass is 10.0. The molecule has 6 rings (SSSR count). The second-order valence-electron chi connectivity index (χ2n) is 8.47. The number of imidazole rings is 1. The van der Waals surface area contributed by atoms with E-state index in [2.05, 4.69) is 25.9 Å². The van der Waals surface area contributed by atoms with Crippen LogP contribution in [0.4, 0.5) is 5.69 Å². The topological polar surface area (TPSA) is 86.9 Å². The third-order valence-electron chi connectivity index (χ3n) is 6.41. The lowest BCUT2D eigenvalue weighted by Gasteiger charge is -2.28. The Morgan fingerprint density at radius 2 is 1.65 bits per heavy atom. The van der Waals surface area contributed by atoms with E-state index in [1.807, 2.05) is 22.9 Å². The molecule has 5 aromatic rings. The molecule has 1 aromatic carbocycles. The number of nitrogens with zero attached hydrogens (tertiary/aromatic N) is 6. The Bertz CT molecular complexity index is 1610. The molecule has 0 amide bonds. The summed E-state index contributed by atoms with van der Waals surface area (Å²) in [4.78, 5) is 20.8. The molecule has 0 aliphatic carbocycles. The van der Waals surface area contributed by atoms with Crippen LogP contribution in [0.5, 0.6) is 11.5 Å². The summed E-state index contributed by atoms with van der Waals surface area (Å²) in [7, 11) is 3.09. The van der Waals surface area contributed by atoms with Gasteiger partial charge in [-0.1, -0.05) is 23.2 Å². The Morgan fingerprint density at radius 3 is 2.38 bits per heavy atom. The van der Waals surface area contributed by atoms with Crippen LogP contribution >= 0.6 is 23.2 Å². The first-order valence-electron chi connectivity index (χ1n) is 11.6. The number of methoxy groups -OCH3 is 2. The number of anilines is 1. The zero-order valence-electron chi connectivity index (χ0n) is 20.1. The Balaban J connectivity index is 1.51. The molecule has 188 valence electrons. The van der Waals surface area contributed by atoms with Crippen molar-refractivity contribution < 1.29 is 14.2 Å². The van der Waals surface area contributed by atoms with E-state index in [1.165, 1.54) is 0 Å². The van der Waals surface area contributed by atoms with E-state index >= 15 is 0 Å². The maximum absolute atomic E-state index is 6.73. The summed E-state index contributed by atoms with van der Waals surface area (Å²) in [5, 5.41) is 1.51. The molecule has 0 N–H and O–H groups in total. The summed E-state index contributed by atoms with van der Waals surface area (Å²) in [5.41, 5.74) is 4.44. The second kappa shape index (κ2) is 9.66. The van der Waals surface area contributed by atoms with Gasteiger partial charge in [-0.15, -0.1) is 0 Å². The first-order valence-corrected chi connectivity index (χ1v) is 12.4. The van der Waals surface area contributed by atoms with Gasteiger partial charge in [-0.05, 0) is 12.1 Å². The van der Waals surface area contributed by atoms with Crippen molar-refractivity contribution in [1.82, 2.24) is 24.3 Å². The summed E-state index contributed by atoms with van der Waals surface area (Å²) < 4.78 is 18.3. The van der Waals surface area contributed by atoms with Gasteiger partial charge in [0.25, 0.3) is 0 Å². The van der Waals surface area contributed by atoms with E-state index in [0.717, 1.165) is 29.7 Å². The van der Waals surface area contributed by atoms with E-state index in [-0.39, 0.29) is 0 Å². The quantitative estimate of drug-likeness (QED) is 0.304. The third kappa shape index (κ3) is 4.09. The Hall–Kier alpha value is -3.66. The number of aromatic nitrogens is 5. The van der Waals surface area contributed by atoms with Crippen molar-refractivity contribution >= 4 is 45.6 Å². The minimum absolute atomic E-state index is 0.362. The van der Waals surface area contributed by atoms with Crippen LogP contribution in [0.2, 0.25) is 10.0 Å². The van der Waals surface area contributed by atoms with Crippen molar-refractivity contribution in [2.24, 2.45) is 0 Å². The molecule has 0 unspecified atom stereocenters. The number of hydrogen-bond acceptors (Lipinski definition) is 8. The highest BCUT2D eigenvalue weighted by Crippen LogP contribution is 2.47. The van der Waals surface area contributed by atoms with Gasteiger partial charge in [-0.2, -0.15) is 0 Å². The fourth-order valence-electron chi connectivity index (χ4n) is 4.56. The van der Waals surface area contributed by atoms with Gasteiger partial charge < -0.3 is 19.1 Å². The van der Waals surface area contributed by atoms with Crippen LogP contribution in [0.3, 0.4) is 0 Å². The number of halogens is 2. The van der Waals surface area contributed by atoms with E-state index in [0.29, 0.717) is 63.0 Å². The molecule has 1 saturated heterocycles. The highest BCUT2D eigenvalue weighted by molar-refractivity contribution is 6.41. The number of hydrogen-bond donors (Lipinski definition) is 0. The van der Waals surface area contributed by atoms with Gasteiger partial charge in [0, 0.05) is 66.0 Å². The lowest BCUT2D eigenvalue weighted by Crippen LogP contribution is -2.36. The lowest BCUT2D eigenvalue weighted by molar-refractivity contribution is 0.122. The molecule has 1 fully saturated rings. The van der Waals surface area contributed by atoms with Gasteiger partial charge in [0.2, 0.25) is 0 Å². The summed E-state index contributed by atoms with van der Waals surface area (Å²) in [6.07, 6.45) is 8.96. The number of ether oxygens (including phenoxy) is 3. The van der Waals surface area contributed by atoms with Gasteiger partial charge in [0.15, 0.2) is 5.82 Å². The molecule has 0 saturated carbocycles. The average molecular weight is 537 g/mol. The smallest absolute Gasteiger partial charge is 0.163 e. The number of rotatable bonds is 5. The number of benzene rings is 1.